The standard InChI is InChI=1S/C26H16N6/c27-15-21(16-28)25(31-23-7-3-1-4-8-23)19-11-13-20(14-12-19)26(22(17-29)18-30)32-24-9-5-2-6-10-24/h1-14,31-32H. The van der Waals surface area contributed by atoms with Crippen LogP contribution < -0.4 is 10.6 Å². The maximum absolute atomic E-state index is 9.42. The largest absolute Gasteiger partial charge is 0.353 e. The quantitative estimate of drug-likeness (QED) is 0.521. The van der Waals surface area contributed by atoms with Gasteiger partial charge in [-0.2, -0.15) is 21.0 Å². The predicted octanol–water partition coefficient (Wildman–Crippen LogP) is 5.43. The molecule has 0 bridgehead atoms. The third-order valence-corrected chi connectivity index (χ3v) is 4.50. The average Bonchev–Trinajstić information content (AvgIpc) is 2.86. The molecule has 0 aliphatic heterocycles. The van der Waals surface area contributed by atoms with Gasteiger partial charge in [-0.25, -0.2) is 0 Å². The molecule has 0 amide bonds. The molecule has 6 nitrogen and oxygen atoms in total. The van der Waals surface area contributed by atoms with Gasteiger partial charge in [-0.1, -0.05) is 60.7 Å². The first-order valence-corrected chi connectivity index (χ1v) is 9.54. The van der Waals surface area contributed by atoms with Crippen LogP contribution in [0.25, 0.3) is 11.4 Å². The van der Waals surface area contributed by atoms with Gasteiger partial charge in [0.1, 0.15) is 24.3 Å². The summed E-state index contributed by atoms with van der Waals surface area (Å²) in [6, 6.07) is 33.1. The van der Waals surface area contributed by atoms with Crippen molar-refractivity contribution in [3.63, 3.8) is 0 Å². The lowest BCUT2D eigenvalue weighted by molar-refractivity contribution is 1.42. The van der Waals surface area contributed by atoms with E-state index in [1.807, 2.05) is 84.9 Å². The van der Waals surface area contributed by atoms with Crippen molar-refractivity contribution in [3.05, 3.63) is 107 Å². The molecule has 0 atom stereocenters. The molecule has 0 aromatic heterocycles. The molecule has 2 N–H and O–H groups in total. The summed E-state index contributed by atoms with van der Waals surface area (Å²) in [5.41, 5.74) is 3.32. The van der Waals surface area contributed by atoms with E-state index in [-0.39, 0.29) is 11.1 Å². The molecule has 3 aromatic carbocycles. The van der Waals surface area contributed by atoms with Crippen LogP contribution in [-0.2, 0) is 0 Å². The van der Waals surface area contributed by atoms with Crippen LogP contribution in [0.4, 0.5) is 11.4 Å². The highest BCUT2D eigenvalue weighted by molar-refractivity contribution is 5.86. The Labute approximate surface area is 186 Å². The van der Waals surface area contributed by atoms with Gasteiger partial charge in [0.25, 0.3) is 0 Å². The topological polar surface area (TPSA) is 119 Å². The Morgan fingerprint density at radius 1 is 0.469 bits per heavy atom. The van der Waals surface area contributed by atoms with E-state index in [0.29, 0.717) is 22.5 Å². The molecule has 3 aromatic rings. The lowest BCUT2D eigenvalue weighted by atomic mass is 10.0. The molecule has 0 heterocycles. The number of nitrogens with zero attached hydrogens (tertiary/aromatic N) is 4. The van der Waals surface area contributed by atoms with E-state index < -0.39 is 0 Å². The van der Waals surface area contributed by atoms with Crippen molar-refractivity contribution < 1.29 is 0 Å². The third-order valence-electron chi connectivity index (χ3n) is 4.50. The highest BCUT2D eigenvalue weighted by Crippen LogP contribution is 2.26. The number of para-hydroxylation sites is 2. The van der Waals surface area contributed by atoms with Gasteiger partial charge >= 0.3 is 0 Å². The second-order valence-electron chi connectivity index (χ2n) is 6.51. The minimum atomic E-state index is -0.0606. The molecule has 0 spiro atoms. The molecule has 32 heavy (non-hydrogen) atoms. The molecular weight excluding hydrogens is 396 g/mol. The minimum Gasteiger partial charge on any atom is -0.353 e. The van der Waals surface area contributed by atoms with Gasteiger partial charge in [0, 0.05) is 22.5 Å². The van der Waals surface area contributed by atoms with Crippen LogP contribution in [0, 0.1) is 45.3 Å². The average molecular weight is 412 g/mol. The zero-order chi connectivity index (χ0) is 22.8. The first-order chi connectivity index (χ1) is 15.7. The van der Waals surface area contributed by atoms with Gasteiger partial charge in [-0.15, -0.1) is 0 Å². The summed E-state index contributed by atoms with van der Waals surface area (Å²) in [6.07, 6.45) is 0. The summed E-state index contributed by atoms with van der Waals surface area (Å²) < 4.78 is 0. The van der Waals surface area contributed by atoms with Crippen molar-refractivity contribution in [2.45, 2.75) is 0 Å². The first-order valence-electron chi connectivity index (χ1n) is 9.54. The summed E-state index contributed by atoms with van der Waals surface area (Å²) in [7, 11) is 0. The van der Waals surface area contributed by atoms with E-state index in [9.17, 15) is 21.0 Å². The molecule has 0 aliphatic rings. The van der Waals surface area contributed by atoms with Crippen LogP contribution in [0.5, 0.6) is 0 Å². The Balaban J connectivity index is 2.03. The number of rotatable bonds is 6. The normalized spacial score (nSPS) is 9.12. The maximum atomic E-state index is 9.42. The van der Waals surface area contributed by atoms with E-state index in [1.54, 1.807) is 24.3 Å². The van der Waals surface area contributed by atoms with Crippen molar-refractivity contribution in [3.8, 4) is 24.3 Å². The van der Waals surface area contributed by atoms with Crippen molar-refractivity contribution in [1.29, 1.82) is 21.0 Å². The number of benzene rings is 3. The Morgan fingerprint density at radius 3 is 1.06 bits per heavy atom. The van der Waals surface area contributed by atoms with Crippen LogP contribution in [0.2, 0.25) is 0 Å². The molecular formula is C26H16N6. The van der Waals surface area contributed by atoms with E-state index in [0.717, 1.165) is 11.4 Å². The predicted molar refractivity (Wildman–Crippen MR) is 123 cm³/mol. The fourth-order valence-corrected chi connectivity index (χ4v) is 2.97. The fraction of sp³-hybridized carbons (Fsp3) is 0. The van der Waals surface area contributed by atoms with Crippen molar-refractivity contribution in [1.82, 2.24) is 0 Å². The summed E-state index contributed by atoms with van der Waals surface area (Å²) in [6.45, 7) is 0. The molecule has 6 heteroatoms. The number of nitriles is 4. The minimum absolute atomic E-state index is 0.0606. The molecule has 150 valence electrons. The van der Waals surface area contributed by atoms with Gasteiger partial charge < -0.3 is 10.6 Å². The summed E-state index contributed by atoms with van der Waals surface area (Å²) >= 11 is 0. The Bertz CT molecular complexity index is 1190. The molecule has 0 radical (unpaired) electrons. The van der Waals surface area contributed by atoms with E-state index in [1.165, 1.54) is 0 Å². The Hall–Kier alpha value is -5.30. The zero-order valence-corrected chi connectivity index (χ0v) is 16.9. The zero-order valence-electron chi connectivity index (χ0n) is 16.9. The Morgan fingerprint density at radius 2 is 0.781 bits per heavy atom. The number of allylic oxidation sites excluding steroid dienone is 2. The van der Waals surface area contributed by atoms with Gasteiger partial charge in [-0.3, -0.25) is 0 Å². The summed E-state index contributed by atoms with van der Waals surface area (Å²) in [5, 5.41) is 43.9. The third kappa shape index (κ3) is 5.00. The highest BCUT2D eigenvalue weighted by Gasteiger charge is 2.13. The van der Waals surface area contributed by atoms with Gasteiger partial charge in [0.05, 0.1) is 11.4 Å². The summed E-state index contributed by atoms with van der Waals surface area (Å²) in [4.78, 5) is 0. The van der Waals surface area contributed by atoms with Crippen molar-refractivity contribution >= 4 is 22.8 Å². The monoisotopic (exact) mass is 412 g/mol. The van der Waals surface area contributed by atoms with Crippen molar-refractivity contribution in [2.75, 3.05) is 10.6 Å². The lowest BCUT2D eigenvalue weighted by Gasteiger charge is -2.14. The molecule has 0 saturated carbocycles. The second kappa shape index (κ2) is 10.5. The van der Waals surface area contributed by atoms with E-state index in [2.05, 4.69) is 10.6 Å². The number of nitrogens with one attached hydrogen (secondary N) is 2. The van der Waals surface area contributed by atoms with Gasteiger partial charge in [0.2, 0.25) is 0 Å². The number of anilines is 2. The smallest absolute Gasteiger partial charge is 0.153 e. The molecule has 0 fully saturated rings. The van der Waals surface area contributed by atoms with Crippen molar-refractivity contribution in [2.24, 2.45) is 0 Å². The number of hydrogen-bond acceptors (Lipinski definition) is 6. The summed E-state index contributed by atoms with van der Waals surface area (Å²) in [5.74, 6) is 0. The second-order valence-corrected chi connectivity index (χ2v) is 6.51. The molecule has 3 rings (SSSR count). The van der Waals surface area contributed by atoms with Gasteiger partial charge in [0.15, 0.2) is 11.1 Å². The van der Waals surface area contributed by atoms with E-state index >= 15 is 0 Å². The van der Waals surface area contributed by atoms with Crippen LogP contribution in [0.15, 0.2) is 96.1 Å². The first kappa shape index (κ1) is 21.4. The Kier molecular flexibility index (Phi) is 7.00. The van der Waals surface area contributed by atoms with Crippen LogP contribution in [0.1, 0.15) is 11.1 Å². The fourth-order valence-electron chi connectivity index (χ4n) is 2.97. The highest BCUT2D eigenvalue weighted by atomic mass is 14.9. The van der Waals surface area contributed by atoms with Crippen LogP contribution in [0.3, 0.4) is 0 Å². The SMILES string of the molecule is N#CC(C#N)=C(Nc1ccccc1)c1ccc(C(Nc2ccccc2)=C(C#N)C#N)cc1. The maximum Gasteiger partial charge on any atom is 0.153 e. The van der Waals surface area contributed by atoms with Crippen LogP contribution in [-0.4, -0.2) is 0 Å². The molecule has 0 aliphatic carbocycles. The molecule has 0 saturated heterocycles. The number of hydrogen-bond donors (Lipinski definition) is 2. The van der Waals surface area contributed by atoms with Gasteiger partial charge in [-0.05, 0) is 24.3 Å². The van der Waals surface area contributed by atoms with E-state index in [4.69, 9.17) is 0 Å². The van der Waals surface area contributed by atoms with Crippen LogP contribution >= 0.6 is 0 Å². The lowest BCUT2D eigenvalue weighted by Crippen LogP contribution is -2.04. The molecule has 0 unspecified atom stereocenters.